The van der Waals surface area contributed by atoms with Gasteiger partial charge in [-0.25, -0.2) is 19.6 Å². The van der Waals surface area contributed by atoms with Crippen LogP contribution in [0.25, 0.3) is 17.2 Å². The van der Waals surface area contributed by atoms with E-state index >= 15 is 0 Å². The molecule has 1 aliphatic heterocycles. The van der Waals surface area contributed by atoms with Crippen molar-refractivity contribution < 1.29 is 9.84 Å². The van der Waals surface area contributed by atoms with Crippen molar-refractivity contribution in [2.45, 2.75) is 32.2 Å². The smallest absolute Gasteiger partial charge is 0.238 e. The Morgan fingerprint density at radius 1 is 1.13 bits per heavy atom. The third-order valence-electron chi connectivity index (χ3n) is 5.44. The number of para-hydroxylation sites is 1. The van der Waals surface area contributed by atoms with E-state index in [-0.39, 0.29) is 5.92 Å². The third-order valence-corrected chi connectivity index (χ3v) is 5.44. The number of rotatable bonds is 4. The first kappa shape index (κ1) is 18.4. The Morgan fingerprint density at radius 3 is 2.77 bits per heavy atom. The number of aryl methyl sites for hydroxylation is 2. The minimum atomic E-state index is 0.0105. The molecule has 1 aliphatic rings. The maximum absolute atomic E-state index is 10.3. The predicted molar refractivity (Wildman–Crippen MR) is 111 cm³/mol. The van der Waals surface area contributed by atoms with Crippen LogP contribution in [-0.4, -0.2) is 41.5 Å². The number of benzene rings is 1. The van der Waals surface area contributed by atoms with E-state index in [4.69, 9.17) is 14.8 Å². The molecule has 1 unspecified atom stereocenters. The van der Waals surface area contributed by atoms with Crippen LogP contribution in [0.5, 0.6) is 11.6 Å². The molecular formula is C22H22N6O2. The molecule has 1 aromatic carbocycles. The Labute approximate surface area is 173 Å². The summed E-state index contributed by atoms with van der Waals surface area (Å²) >= 11 is 0. The second-order valence-corrected chi connectivity index (χ2v) is 7.42. The lowest BCUT2D eigenvalue weighted by Gasteiger charge is -2.22. The molecule has 1 N–H and O–H groups in total. The van der Waals surface area contributed by atoms with Gasteiger partial charge in [0.25, 0.3) is 0 Å². The van der Waals surface area contributed by atoms with Gasteiger partial charge in [0.1, 0.15) is 23.0 Å². The van der Waals surface area contributed by atoms with Crippen LogP contribution in [0, 0.1) is 6.92 Å². The number of phenolic OH excluding ortho intramolecular Hbond substituents is 1. The van der Waals surface area contributed by atoms with Crippen molar-refractivity contribution >= 4 is 0 Å². The fourth-order valence-corrected chi connectivity index (χ4v) is 3.99. The Kier molecular flexibility index (Phi) is 4.46. The topological polar surface area (TPSA) is 90.9 Å². The van der Waals surface area contributed by atoms with Crippen molar-refractivity contribution in [1.82, 2.24) is 29.3 Å². The lowest BCUT2D eigenvalue weighted by Crippen LogP contribution is -2.18. The molecule has 0 saturated carbocycles. The van der Waals surface area contributed by atoms with Gasteiger partial charge in [0.15, 0.2) is 5.82 Å². The van der Waals surface area contributed by atoms with Gasteiger partial charge in [0.05, 0.1) is 19.1 Å². The summed E-state index contributed by atoms with van der Waals surface area (Å²) in [6.45, 7) is 2.74. The molecule has 152 valence electrons. The van der Waals surface area contributed by atoms with Gasteiger partial charge < -0.3 is 14.4 Å². The minimum Gasteiger partial charge on any atom is -0.508 e. The lowest BCUT2D eigenvalue weighted by molar-refractivity contribution is 0.396. The number of imidazole rings is 1. The second-order valence-electron chi connectivity index (χ2n) is 7.42. The monoisotopic (exact) mass is 402 g/mol. The van der Waals surface area contributed by atoms with Crippen LogP contribution in [0.4, 0.5) is 0 Å². The Balaban J connectivity index is 1.54. The standard InChI is InChI=1S/C22H22N6O2/c1-14-12-27(13-23-14)18-10-9-17(24-22(18)30-2)20-25-21-16(7-5-11-28(21)26-20)15-6-3-4-8-19(15)29/h3-4,6,8-10,12-13,16,29H,5,7,11H2,1-2H3. The average molecular weight is 402 g/mol. The summed E-state index contributed by atoms with van der Waals surface area (Å²) < 4.78 is 9.33. The van der Waals surface area contributed by atoms with Crippen LogP contribution in [0.2, 0.25) is 0 Å². The van der Waals surface area contributed by atoms with Crippen LogP contribution in [-0.2, 0) is 6.54 Å². The van der Waals surface area contributed by atoms with Crippen molar-refractivity contribution in [1.29, 1.82) is 0 Å². The summed E-state index contributed by atoms with van der Waals surface area (Å²) in [6, 6.07) is 11.3. The highest BCUT2D eigenvalue weighted by Gasteiger charge is 2.28. The summed E-state index contributed by atoms with van der Waals surface area (Å²) in [5.74, 6) is 2.19. The first-order valence-corrected chi connectivity index (χ1v) is 9.93. The summed E-state index contributed by atoms with van der Waals surface area (Å²) in [6.07, 6.45) is 5.55. The van der Waals surface area contributed by atoms with Crippen molar-refractivity contribution in [2.24, 2.45) is 0 Å². The van der Waals surface area contributed by atoms with Gasteiger partial charge in [-0.15, -0.1) is 5.10 Å². The minimum absolute atomic E-state index is 0.0105. The van der Waals surface area contributed by atoms with Crippen molar-refractivity contribution in [3.05, 3.63) is 66.0 Å². The zero-order valence-electron chi connectivity index (χ0n) is 16.9. The van der Waals surface area contributed by atoms with E-state index in [2.05, 4.69) is 9.97 Å². The van der Waals surface area contributed by atoms with Gasteiger partial charge in [0, 0.05) is 24.2 Å². The van der Waals surface area contributed by atoms with Crippen LogP contribution in [0.3, 0.4) is 0 Å². The Morgan fingerprint density at radius 2 is 2.00 bits per heavy atom. The number of aromatic nitrogens is 6. The van der Waals surface area contributed by atoms with Crippen molar-refractivity contribution in [2.75, 3.05) is 7.11 Å². The number of phenols is 1. The summed E-state index contributed by atoms with van der Waals surface area (Å²) in [7, 11) is 1.60. The van der Waals surface area contributed by atoms with Crippen LogP contribution < -0.4 is 4.74 Å². The number of hydrogen-bond acceptors (Lipinski definition) is 6. The fourth-order valence-electron chi connectivity index (χ4n) is 3.99. The maximum atomic E-state index is 10.3. The third kappa shape index (κ3) is 3.10. The first-order chi connectivity index (χ1) is 14.6. The maximum Gasteiger partial charge on any atom is 0.238 e. The van der Waals surface area contributed by atoms with E-state index in [1.807, 2.05) is 52.7 Å². The quantitative estimate of drug-likeness (QED) is 0.562. The molecule has 4 aromatic rings. The van der Waals surface area contributed by atoms with Gasteiger partial charge in [-0.1, -0.05) is 18.2 Å². The molecule has 3 aromatic heterocycles. The van der Waals surface area contributed by atoms with Crippen molar-refractivity contribution in [3.8, 4) is 28.8 Å². The van der Waals surface area contributed by atoms with Crippen molar-refractivity contribution in [3.63, 3.8) is 0 Å². The van der Waals surface area contributed by atoms with Gasteiger partial charge in [-0.2, -0.15) is 0 Å². The molecule has 0 radical (unpaired) electrons. The van der Waals surface area contributed by atoms with E-state index in [1.165, 1.54) is 0 Å². The number of fused-ring (bicyclic) bond motifs is 1. The number of hydrogen-bond donors (Lipinski definition) is 1. The highest BCUT2D eigenvalue weighted by Crippen LogP contribution is 2.37. The zero-order valence-corrected chi connectivity index (χ0v) is 16.9. The molecule has 0 spiro atoms. The Bertz CT molecular complexity index is 1210. The van der Waals surface area contributed by atoms with Gasteiger partial charge >= 0.3 is 0 Å². The van der Waals surface area contributed by atoms with Gasteiger partial charge in [-0.3, -0.25) is 0 Å². The SMILES string of the molecule is COc1nc(-c2nc3n(n2)CCCC3c2ccccc2O)ccc1-n1cnc(C)c1. The molecule has 8 heteroatoms. The molecule has 1 atom stereocenters. The normalized spacial score (nSPS) is 15.7. The van der Waals surface area contributed by atoms with Gasteiger partial charge in [0.2, 0.25) is 5.88 Å². The first-order valence-electron chi connectivity index (χ1n) is 9.93. The number of nitrogens with zero attached hydrogens (tertiary/aromatic N) is 6. The van der Waals surface area contributed by atoms with E-state index in [0.29, 0.717) is 23.1 Å². The summed E-state index contributed by atoms with van der Waals surface area (Å²) in [5.41, 5.74) is 3.25. The number of methoxy groups -OCH3 is 1. The lowest BCUT2D eigenvalue weighted by atomic mass is 9.90. The number of pyridine rings is 1. The number of ether oxygens (including phenoxy) is 1. The molecule has 0 fully saturated rings. The molecular weight excluding hydrogens is 380 g/mol. The van der Waals surface area contributed by atoms with Crippen LogP contribution in [0.15, 0.2) is 48.9 Å². The number of aromatic hydroxyl groups is 1. The molecule has 4 heterocycles. The second kappa shape index (κ2) is 7.29. The molecule has 8 nitrogen and oxygen atoms in total. The molecule has 0 saturated heterocycles. The Hall–Kier alpha value is -3.68. The largest absolute Gasteiger partial charge is 0.508 e. The zero-order chi connectivity index (χ0) is 20.7. The summed E-state index contributed by atoms with van der Waals surface area (Å²) in [5, 5.41) is 15.0. The van der Waals surface area contributed by atoms with E-state index in [0.717, 1.165) is 42.2 Å². The molecule has 0 aliphatic carbocycles. The van der Waals surface area contributed by atoms with E-state index in [9.17, 15) is 5.11 Å². The molecule has 0 amide bonds. The van der Waals surface area contributed by atoms with E-state index < -0.39 is 0 Å². The molecule has 5 rings (SSSR count). The fraction of sp³-hybridized carbons (Fsp3) is 0.273. The average Bonchev–Trinajstić information content (AvgIpc) is 3.40. The van der Waals surface area contributed by atoms with Crippen LogP contribution in [0.1, 0.15) is 35.8 Å². The molecule has 0 bridgehead atoms. The van der Waals surface area contributed by atoms with E-state index in [1.54, 1.807) is 19.5 Å². The highest BCUT2D eigenvalue weighted by molar-refractivity contribution is 5.55. The molecule has 30 heavy (non-hydrogen) atoms. The summed E-state index contributed by atoms with van der Waals surface area (Å²) in [4.78, 5) is 13.7. The van der Waals surface area contributed by atoms with Gasteiger partial charge in [-0.05, 0) is 38.0 Å². The predicted octanol–water partition coefficient (Wildman–Crippen LogP) is 3.47. The van der Waals surface area contributed by atoms with Crippen LogP contribution >= 0.6 is 0 Å². The highest BCUT2D eigenvalue weighted by atomic mass is 16.5.